The molecule has 2 aliphatic heterocycles. The van der Waals surface area contributed by atoms with E-state index in [0.717, 1.165) is 34.3 Å². The number of nitrogens with one attached hydrogen (secondary N) is 1. The Balaban J connectivity index is 1.56. The van der Waals surface area contributed by atoms with Gasteiger partial charge < -0.3 is 10.1 Å². The summed E-state index contributed by atoms with van der Waals surface area (Å²) in [6, 6.07) is 5.95. The van der Waals surface area contributed by atoms with Crippen molar-refractivity contribution in [2.45, 2.75) is 25.4 Å². The maximum Gasteiger partial charge on any atom is 0.291 e. The molecule has 0 unspecified atom stereocenters. The first-order chi connectivity index (χ1) is 13.6. The van der Waals surface area contributed by atoms with Crippen molar-refractivity contribution in [3.63, 3.8) is 0 Å². The predicted octanol–water partition coefficient (Wildman–Crippen LogP) is 2.82. The number of hydrogen-bond acceptors (Lipinski definition) is 5. The third-order valence-corrected chi connectivity index (χ3v) is 5.81. The number of rotatable bonds is 2. The van der Waals surface area contributed by atoms with E-state index in [-0.39, 0.29) is 17.8 Å². The monoisotopic (exact) mass is 462 g/mol. The van der Waals surface area contributed by atoms with Crippen LogP contribution in [0.15, 0.2) is 29.0 Å². The number of fused-ring (bicyclic) bond motifs is 5. The molecule has 0 aliphatic carbocycles. The van der Waals surface area contributed by atoms with Gasteiger partial charge in [0.1, 0.15) is 6.33 Å². The van der Waals surface area contributed by atoms with E-state index >= 15 is 0 Å². The van der Waals surface area contributed by atoms with Crippen molar-refractivity contribution in [2.75, 3.05) is 13.2 Å². The molecule has 0 spiro atoms. The molecule has 28 heavy (non-hydrogen) atoms. The summed E-state index contributed by atoms with van der Waals surface area (Å²) in [6.07, 6.45) is 3.28. The van der Waals surface area contributed by atoms with Gasteiger partial charge in [-0.05, 0) is 31.0 Å². The number of carbonyl (C=O) groups is 1. The lowest BCUT2D eigenvalue weighted by molar-refractivity contribution is 0.0691. The Kier molecular flexibility index (Phi) is 4.45. The van der Waals surface area contributed by atoms with Gasteiger partial charge in [-0.1, -0.05) is 27.5 Å². The van der Waals surface area contributed by atoms with E-state index in [9.17, 15) is 4.79 Å². The van der Waals surface area contributed by atoms with Gasteiger partial charge in [-0.15, -0.1) is 5.10 Å². The number of ether oxygens (including phenoxy) is 1. The molecule has 0 atom stereocenters. The number of amides is 1. The number of halogens is 2. The minimum Gasteiger partial charge on any atom is -0.381 e. The van der Waals surface area contributed by atoms with Gasteiger partial charge in [0.2, 0.25) is 5.82 Å². The third-order valence-electron chi connectivity index (χ3n) is 5.01. The highest BCUT2D eigenvalue weighted by molar-refractivity contribution is 9.10. The normalized spacial score (nSPS) is 16.1. The van der Waals surface area contributed by atoms with Crippen molar-refractivity contribution in [3.05, 3.63) is 45.7 Å². The molecule has 1 saturated heterocycles. The largest absolute Gasteiger partial charge is 0.381 e. The highest BCUT2D eigenvalue weighted by atomic mass is 79.9. The second kappa shape index (κ2) is 6.98. The van der Waals surface area contributed by atoms with Crippen molar-refractivity contribution >= 4 is 33.4 Å². The van der Waals surface area contributed by atoms with Crippen LogP contribution in [-0.2, 0) is 11.3 Å². The summed E-state index contributed by atoms with van der Waals surface area (Å²) in [5.74, 6) is 0.494. The summed E-state index contributed by atoms with van der Waals surface area (Å²) < 4.78 is 9.89. The predicted molar refractivity (Wildman–Crippen MR) is 106 cm³/mol. The number of hydrogen-bond donors (Lipinski definition) is 1. The number of imidazole rings is 1. The Bertz CT molecular complexity index is 1070. The minimum atomic E-state index is -0.274. The lowest BCUT2D eigenvalue weighted by Gasteiger charge is -2.22. The Morgan fingerprint density at radius 1 is 1.32 bits per heavy atom. The summed E-state index contributed by atoms with van der Waals surface area (Å²) in [6.45, 7) is 1.68. The standard InChI is InChI=1S/C18H16BrClN6O2/c19-10-1-2-13-12(7-10)17-23-16(18(27)22-11-3-5-28-6-4-11)24-26(17)8-14-15(20)21-9-25(13)14/h1-2,7,9,11H,3-6,8H2,(H,22,27). The summed E-state index contributed by atoms with van der Waals surface area (Å²) in [5.41, 5.74) is 2.53. The number of carbonyl (C=O) groups excluding carboxylic acids is 1. The number of benzene rings is 1. The zero-order valence-corrected chi connectivity index (χ0v) is 17.1. The molecule has 144 valence electrons. The lowest BCUT2D eigenvalue weighted by atomic mass is 10.1. The van der Waals surface area contributed by atoms with Gasteiger partial charge in [-0.25, -0.2) is 14.6 Å². The molecular weight excluding hydrogens is 448 g/mol. The van der Waals surface area contributed by atoms with Crippen molar-refractivity contribution in [1.82, 2.24) is 29.6 Å². The van der Waals surface area contributed by atoms with E-state index in [4.69, 9.17) is 16.3 Å². The fourth-order valence-corrected chi connectivity index (χ4v) is 4.14. The molecule has 1 fully saturated rings. The van der Waals surface area contributed by atoms with Gasteiger partial charge in [-0.2, -0.15) is 0 Å². The zero-order chi connectivity index (χ0) is 19.3. The van der Waals surface area contributed by atoms with Gasteiger partial charge in [0.25, 0.3) is 5.91 Å². The van der Waals surface area contributed by atoms with E-state index in [1.54, 1.807) is 11.0 Å². The van der Waals surface area contributed by atoms with Gasteiger partial charge in [0.05, 0.1) is 17.9 Å². The summed E-state index contributed by atoms with van der Waals surface area (Å²) in [5, 5.41) is 7.89. The first-order valence-corrected chi connectivity index (χ1v) is 10.1. The van der Waals surface area contributed by atoms with Crippen molar-refractivity contribution in [1.29, 1.82) is 0 Å². The SMILES string of the molecule is O=C(NC1CCOCC1)c1nc2n(n1)Cc1c(Cl)ncn1-c1ccc(Br)cc1-2. The summed E-state index contributed by atoms with van der Waals surface area (Å²) >= 11 is 9.81. The van der Waals surface area contributed by atoms with Gasteiger partial charge >= 0.3 is 0 Å². The van der Waals surface area contributed by atoms with E-state index in [1.165, 1.54) is 0 Å². The first kappa shape index (κ1) is 17.8. The van der Waals surface area contributed by atoms with Crippen LogP contribution in [0.2, 0.25) is 5.15 Å². The van der Waals surface area contributed by atoms with E-state index in [0.29, 0.717) is 30.7 Å². The average Bonchev–Trinajstić information content (AvgIpc) is 3.24. The molecule has 10 heteroatoms. The van der Waals surface area contributed by atoms with Crippen LogP contribution in [0.1, 0.15) is 29.2 Å². The smallest absolute Gasteiger partial charge is 0.291 e. The third kappa shape index (κ3) is 3.03. The molecule has 5 rings (SSSR count). The lowest BCUT2D eigenvalue weighted by Crippen LogP contribution is -2.39. The second-order valence-electron chi connectivity index (χ2n) is 6.79. The van der Waals surface area contributed by atoms with Crippen LogP contribution in [0, 0.1) is 0 Å². The molecule has 1 aromatic carbocycles. The van der Waals surface area contributed by atoms with E-state index in [1.807, 2.05) is 22.8 Å². The molecule has 2 aromatic heterocycles. The van der Waals surface area contributed by atoms with Crippen LogP contribution in [0.3, 0.4) is 0 Å². The van der Waals surface area contributed by atoms with E-state index < -0.39 is 0 Å². The maximum absolute atomic E-state index is 12.7. The Labute approximate surface area is 174 Å². The molecule has 1 N–H and O–H groups in total. The molecule has 3 aromatic rings. The molecule has 0 bridgehead atoms. The molecule has 0 saturated carbocycles. The summed E-state index contributed by atoms with van der Waals surface area (Å²) in [7, 11) is 0. The van der Waals surface area contributed by atoms with Crippen molar-refractivity contribution in [2.24, 2.45) is 0 Å². The Morgan fingerprint density at radius 3 is 2.96 bits per heavy atom. The first-order valence-electron chi connectivity index (χ1n) is 8.95. The van der Waals surface area contributed by atoms with Crippen molar-refractivity contribution in [3.8, 4) is 17.1 Å². The average molecular weight is 464 g/mol. The molecule has 4 heterocycles. The Morgan fingerprint density at radius 2 is 2.14 bits per heavy atom. The van der Waals surface area contributed by atoms with Crippen LogP contribution in [0.4, 0.5) is 0 Å². The quantitative estimate of drug-likeness (QED) is 0.494. The second-order valence-corrected chi connectivity index (χ2v) is 8.06. The van der Waals surface area contributed by atoms with Crippen LogP contribution in [-0.4, -0.2) is 49.5 Å². The fraction of sp³-hybridized carbons (Fsp3) is 0.333. The van der Waals surface area contributed by atoms with Crippen LogP contribution in [0.5, 0.6) is 0 Å². The van der Waals surface area contributed by atoms with Crippen molar-refractivity contribution < 1.29 is 9.53 Å². The molecule has 2 aliphatic rings. The highest BCUT2D eigenvalue weighted by Gasteiger charge is 2.27. The molecule has 0 radical (unpaired) electrons. The van der Waals surface area contributed by atoms with Gasteiger partial charge in [0, 0.05) is 29.3 Å². The Hall–Kier alpha value is -2.23. The topological polar surface area (TPSA) is 86.9 Å². The van der Waals surface area contributed by atoms with Gasteiger partial charge in [-0.3, -0.25) is 9.36 Å². The number of aromatic nitrogens is 5. The van der Waals surface area contributed by atoms with Gasteiger partial charge in [0.15, 0.2) is 11.0 Å². The zero-order valence-electron chi connectivity index (χ0n) is 14.7. The van der Waals surface area contributed by atoms with Crippen LogP contribution in [0.25, 0.3) is 17.1 Å². The van der Waals surface area contributed by atoms with Crippen LogP contribution >= 0.6 is 27.5 Å². The highest BCUT2D eigenvalue weighted by Crippen LogP contribution is 2.34. The molecular formula is C18H16BrClN6O2. The van der Waals surface area contributed by atoms with Crippen LogP contribution < -0.4 is 5.32 Å². The number of nitrogens with zero attached hydrogens (tertiary/aromatic N) is 5. The fourth-order valence-electron chi connectivity index (χ4n) is 3.58. The maximum atomic E-state index is 12.7. The van der Waals surface area contributed by atoms with E-state index in [2.05, 4.69) is 36.3 Å². The summed E-state index contributed by atoms with van der Waals surface area (Å²) in [4.78, 5) is 21.5. The molecule has 8 nitrogen and oxygen atoms in total. The minimum absolute atomic E-state index is 0.0851. The molecule has 1 amide bonds.